The highest BCUT2D eigenvalue weighted by Gasteiger charge is 2.25. The SMILES string of the molecule is CNC(C)(C)C(=O)Nc1cccc(C(=O)NC(C)C)c1. The summed E-state index contributed by atoms with van der Waals surface area (Å²) in [6, 6.07) is 6.97. The number of hydrogen-bond donors (Lipinski definition) is 3. The summed E-state index contributed by atoms with van der Waals surface area (Å²) in [7, 11) is 1.73. The van der Waals surface area contributed by atoms with Crippen molar-refractivity contribution >= 4 is 17.5 Å². The van der Waals surface area contributed by atoms with Crippen molar-refractivity contribution in [1.29, 1.82) is 0 Å². The Balaban J connectivity index is 2.84. The van der Waals surface area contributed by atoms with Gasteiger partial charge < -0.3 is 16.0 Å². The van der Waals surface area contributed by atoms with Crippen molar-refractivity contribution in [2.75, 3.05) is 12.4 Å². The van der Waals surface area contributed by atoms with Crippen LogP contribution in [0.1, 0.15) is 38.1 Å². The molecule has 5 nitrogen and oxygen atoms in total. The smallest absolute Gasteiger partial charge is 0.251 e. The number of hydrogen-bond acceptors (Lipinski definition) is 3. The molecule has 110 valence electrons. The normalized spacial score (nSPS) is 11.3. The molecule has 1 rings (SSSR count). The van der Waals surface area contributed by atoms with Crippen molar-refractivity contribution in [3.05, 3.63) is 29.8 Å². The molecule has 1 aromatic rings. The van der Waals surface area contributed by atoms with E-state index in [0.717, 1.165) is 0 Å². The van der Waals surface area contributed by atoms with Crippen molar-refractivity contribution in [3.8, 4) is 0 Å². The van der Waals surface area contributed by atoms with Crippen LogP contribution in [0.4, 0.5) is 5.69 Å². The first-order chi connectivity index (χ1) is 9.26. The highest BCUT2D eigenvalue weighted by molar-refractivity contribution is 6.00. The molecule has 0 bridgehead atoms. The average Bonchev–Trinajstić information content (AvgIpc) is 2.38. The van der Waals surface area contributed by atoms with Gasteiger partial charge in [-0.1, -0.05) is 6.07 Å². The highest BCUT2D eigenvalue weighted by Crippen LogP contribution is 2.13. The monoisotopic (exact) mass is 277 g/mol. The summed E-state index contributed by atoms with van der Waals surface area (Å²) >= 11 is 0. The molecule has 20 heavy (non-hydrogen) atoms. The van der Waals surface area contributed by atoms with Gasteiger partial charge in [-0.15, -0.1) is 0 Å². The first-order valence-electron chi connectivity index (χ1n) is 6.67. The van der Waals surface area contributed by atoms with Gasteiger partial charge in [0.1, 0.15) is 0 Å². The van der Waals surface area contributed by atoms with Crippen LogP contribution >= 0.6 is 0 Å². The van der Waals surface area contributed by atoms with Crippen molar-refractivity contribution in [1.82, 2.24) is 10.6 Å². The van der Waals surface area contributed by atoms with Crippen molar-refractivity contribution in [2.45, 2.75) is 39.3 Å². The van der Waals surface area contributed by atoms with Crippen LogP contribution < -0.4 is 16.0 Å². The summed E-state index contributed by atoms with van der Waals surface area (Å²) in [6.07, 6.45) is 0. The maximum atomic E-state index is 12.0. The van der Waals surface area contributed by atoms with Gasteiger partial charge >= 0.3 is 0 Å². The first-order valence-corrected chi connectivity index (χ1v) is 6.67. The highest BCUT2D eigenvalue weighted by atomic mass is 16.2. The van der Waals surface area contributed by atoms with E-state index in [1.165, 1.54) is 0 Å². The minimum absolute atomic E-state index is 0.0731. The fourth-order valence-electron chi connectivity index (χ4n) is 1.48. The fourth-order valence-corrected chi connectivity index (χ4v) is 1.48. The van der Waals surface area contributed by atoms with E-state index in [1.54, 1.807) is 45.2 Å². The second kappa shape index (κ2) is 6.52. The Kier molecular flexibility index (Phi) is 5.27. The van der Waals surface area contributed by atoms with E-state index in [4.69, 9.17) is 0 Å². The number of anilines is 1. The van der Waals surface area contributed by atoms with Crippen LogP contribution in [0.5, 0.6) is 0 Å². The molecule has 0 heterocycles. The zero-order valence-corrected chi connectivity index (χ0v) is 12.7. The van der Waals surface area contributed by atoms with Gasteiger partial charge in [0, 0.05) is 17.3 Å². The molecule has 0 spiro atoms. The number of rotatable bonds is 5. The lowest BCUT2D eigenvalue weighted by molar-refractivity contribution is -0.121. The van der Waals surface area contributed by atoms with E-state index in [2.05, 4.69) is 16.0 Å². The molecule has 0 atom stereocenters. The maximum absolute atomic E-state index is 12.0. The zero-order chi connectivity index (χ0) is 15.3. The van der Waals surface area contributed by atoms with E-state index >= 15 is 0 Å². The third kappa shape index (κ3) is 4.35. The lowest BCUT2D eigenvalue weighted by Gasteiger charge is -2.22. The molecule has 0 aromatic heterocycles. The number of likely N-dealkylation sites (N-methyl/N-ethyl adjacent to an activating group) is 1. The first kappa shape index (κ1) is 16.2. The van der Waals surface area contributed by atoms with E-state index in [-0.39, 0.29) is 17.9 Å². The quantitative estimate of drug-likeness (QED) is 0.768. The summed E-state index contributed by atoms with van der Waals surface area (Å²) in [4.78, 5) is 24.0. The summed E-state index contributed by atoms with van der Waals surface area (Å²) in [5.74, 6) is -0.301. The van der Waals surface area contributed by atoms with Gasteiger partial charge in [0.15, 0.2) is 0 Å². The largest absolute Gasteiger partial charge is 0.350 e. The van der Waals surface area contributed by atoms with Crippen molar-refractivity contribution in [3.63, 3.8) is 0 Å². The number of nitrogens with one attached hydrogen (secondary N) is 3. The molecule has 2 amide bonds. The standard InChI is InChI=1S/C15H23N3O2/c1-10(2)17-13(19)11-7-6-8-12(9-11)18-14(20)15(3,4)16-5/h6-10,16H,1-5H3,(H,17,19)(H,18,20). The second-order valence-electron chi connectivity index (χ2n) is 5.54. The summed E-state index contributed by atoms with van der Waals surface area (Å²) in [5.41, 5.74) is 0.462. The Morgan fingerprint density at radius 3 is 2.40 bits per heavy atom. The van der Waals surface area contributed by atoms with Crippen molar-refractivity contribution in [2.24, 2.45) is 0 Å². The third-order valence-electron chi connectivity index (χ3n) is 3.00. The molecule has 3 N–H and O–H groups in total. The van der Waals surface area contributed by atoms with E-state index in [0.29, 0.717) is 11.3 Å². The van der Waals surface area contributed by atoms with Crippen LogP contribution in [-0.4, -0.2) is 30.4 Å². The molecule has 0 saturated heterocycles. The Morgan fingerprint density at radius 1 is 1.20 bits per heavy atom. The number of amides is 2. The van der Waals surface area contributed by atoms with E-state index in [1.807, 2.05) is 13.8 Å². The number of carbonyl (C=O) groups is 2. The third-order valence-corrected chi connectivity index (χ3v) is 3.00. The minimum Gasteiger partial charge on any atom is -0.350 e. The minimum atomic E-state index is -0.670. The zero-order valence-electron chi connectivity index (χ0n) is 12.7. The Labute approximate surface area is 120 Å². The van der Waals surface area contributed by atoms with Crippen LogP contribution in [-0.2, 0) is 4.79 Å². The molecule has 0 aliphatic heterocycles. The Morgan fingerprint density at radius 2 is 1.85 bits per heavy atom. The number of carbonyl (C=O) groups excluding carboxylic acids is 2. The Bertz CT molecular complexity index is 496. The van der Waals surface area contributed by atoms with Gasteiger partial charge in [-0.3, -0.25) is 9.59 Å². The molecular weight excluding hydrogens is 254 g/mol. The van der Waals surface area contributed by atoms with Crippen molar-refractivity contribution < 1.29 is 9.59 Å². The topological polar surface area (TPSA) is 70.2 Å². The van der Waals surface area contributed by atoms with Crippen LogP contribution in [0.2, 0.25) is 0 Å². The fraction of sp³-hybridized carbons (Fsp3) is 0.467. The molecule has 5 heteroatoms. The predicted octanol–water partition coefficient (Wildman–Crippen LogP) is 1.76. The van der Waals surface area contributed by atoms with Gasteiger partial charge in [0.2, 0.25) is 5.91 Å². The lowest BCUT2D eigenvalue weighted by atomic mass is 10.0. The van der Waals surface area contributed by atoms with Gasteiger partial charge in [-0.05, 0) is 52.9 Å². The van der Waals surface area contributed by atoms with Gasteiger partial charge in [-0.25, -0.2) is 0 Å². The number of benzene rings is 1. The van der Waals surface area contributed by atoms with Crippen LogP contribution in [0.3, 0.4) is 0 Å². The molecule has 0 fully saturated rings. The van der Waals surface area contributed by atoms with Crippen LogP contribution in [0.15, 0.2) is 24.3 Å². The summed E-state index contributed by atoms with van der Waals surface area (Å²) < 4.78 is 0. The second-order valence-corrected chi connectivity index (χ2v) is 5.54. The lowest BCUT2D eigenvalue weighted by Crippen LogP contribution is -2.47. The van der Waals surface area contributed by atoms with Gasteiger partial charge in [0.25, 0.3) is 5.91 Å². The average molecular weight is 277 g/mol. The van der Waals surface area contributed by atoms with E-state index in [9.17, 15) is 9.59 Å². The van der Waals surface area contributed by atoms with E-state index < -0.39 is 5.54 Å². The molecule has 1 aromatic carbocycles. The molecule has 0 radical (unpaired) electrons. The summed E-state index contributed by atoms with van der Waals surface area (Å²) in [6.45, 7) is 7.38. The molecule has 0 aliphatic carbocycles. The van der Waals surface area contributed by atoms with Gasteiger partial charge in [-0.2, -0.15) is 0 Å². The molecule has 0 unspecified atom stereocenters. The molecular formula is C15H23N3O2. The summed E-state index contributed by atoms with van der Waals surface area (Å²) in [5, 5.41) is 8.55. The maximum Gasteiger partial charge on any atom is 0.251 e. The van der Waals surface area contributed by atoms with Gasteiger partial charge in [0.05, 0.1) is 5.54 Å². The van der Waals surface area contributed by atoms with Crippen LogP contribution in [0, 0.1) is 0 Å². The predicted molar refractivity (Wildman–Crippen MR) is 80.8 cm³/mol. The molecule has 0 aliphatic rings. The Hall–Kier alpha value is -1.88. The van der Waals surface area contributed by atoms with Crippen LogP contribution in [0.25, 0.3) is 0 Å². The molecule has 0 saturated carbocycles.